The van der Waals surface area contributed by atoms with Crippen molar-refractivity contribution in [1.82, 2.24) is 15.1 Å². The minimum Gasteiger partial charge on any atom is -0.481 e. The number of benzene rings is 1. The van der Waals surface area contributed by atoms with E-state index in [0.717, 1.165) is 10.9 Å². The first-order valence-corrected chi connectivity index (χ1v) is 6.69. The van der Waals surface area contributed by atoms with Crippen LogP contribution in [0, 0.1) is 0 Å². The van der Waals surface area contributed by atoms with Gasteiger partial charge in [-0.15, -0.1) is 0 Å². The molecule has 2 heterocycles. The third-order valence-electron chi connectivity index (χ3n) is 3.59. The van der Waals surface area contributed by atoms with Crippen LogP contribution in [0.5, 0.6) is 0 Å². The van der Waals surface area contributed by atoms with Crippen molar-refractivity contribution in [3.8, 4) is 0 Å². The van der Waals surface area contributed by atoms with Gasteiger partial charge in [0.25, 0.3) is 5.91 Å². The van der Waals surface area contributed by atoms with Crippen LogP contribution in [0.4, 0.5) is 0 Å². The second-order valence-corrected chi connectivity index (χ2v) is 5.00. The lowest BCUT2D eigenvalue weighted by Crippen LogP contribution is -2.49. The van der Waals surface area contributed by atoms with E-state index in [2.05, 4.69) is 10.2 Å². The number of nitrogens with one attached hydrogen (secondary N) is 1. The Kier molecular flexibility index (Phi) is 3.57. The molecule has 21 heavy (non-hydrogen) atoms. The number of hydrogen-bond acceptors (Lipinski definition) is 4. The number of carboxylic acid groups (broad SMARTS) is 1. The summed E-state index contributed by atoms with van der Waals surface area (Å²) < 4.78 is 5.28. The van der Waals surface area contributed by atoms with Gasteiger partial charge in [0.2, 0.25) is 0 Å². The highest BCUT2D eigenvalue weighted by Crippen LogP contribution is 2.18. The van der Waals surface area contributed by atoms with E-state index < -0.39 is 12.0 Å². The van der Waals surface area contributed by atoms with Gasteiger partial charge in [0, 0.05) is 17.5 Å². The molecule has 1 aliphatic heterocycles. The van der Waals surface area contributed by atoms with E-state index in [1.54, 1.807) is 23.2 Å². The summed E-state index contributed by atoms with van der Waals surface area (Å²) in [6, 6.07) is 4.85. The first-order chi connectivity index (χ1) is 10.1. The van der Waals surface area contributed by atoms with E-state index >= 15 is 0 Å². The number of aliphatic carboxylic acids is 1. The summed E-state index contributed by atoms with van der Waals surface area (Å²) in [5, 5.41) is 16.6. The van der Waals surface area contributed by atoms with Gasteiger partial charge in [-0.1, -0.05) is 6.07 Å². The Morgan fingerprint density at radius 3 is 3.14 bits per heavy atom. The van der Waals surface area contributed by atoms with Crippen LogP contribution in [-0.2, 0) is 9.53 Å². The highest BCUT2D eigenvalue weighted by Gasteiger charge is 2.29. The Morgan fingerprint density at radius 2 is 2.33 bits per heavy atom. The predicted octanol–water partition coefficient (Wildman–Crippen LogP) is 0.879. The molecule has 3 rings (SSSR count). The van der Waals surface area contributed by atoms with Crippen LogP contribution in [0.1, 0.15) is 16.8 Å². The van der Waals surface area contributed by atoms with Gasteiger partial charge in [-0.05, 0) is 12.1 Å². The number of fused-ring (bicyclic) bond motifs is 1. The number of carboxylic acids is 1. The number of H-pyrrole nitrogens is 1. The van der Waals surface area contributed by atoms with Crippen LogP contribution < -0.4 is 0 Å². The Balaban J connectivity index is 1.85. The van der Waals surface area contributed by atoms with Crippen LogP contribution in [0.2, 0.25) is 0 Å². The SMILES string of the molecule is O=C(O)CC1COCCN1C(=O)c1ccc2cn[nH]c2c1. The van der Waals surface area contributed by atoms with Gasteiger partial charge in [0.05, 0.1) is 37.4 Å². The minimum absolute atomic E-state index is 0.113. The Labute approximate surface area is 120 Å². The molecule has 0 spiro atoms. The molecule has 1 fully saturated rings. The number of ether oxygens (including phenoxy) is 1. The van der Waals surface area contributed by atoms with Gasteiger partial charge in [-0.25, -0.2) is 0 Å². The number of aromatic amines is 1. The molecule has 7 heteroatoms. The predicted molar refractivity (Wildman–Crippen MR) is 74.0 cm³/mol. The van der Waals surface area contributed by atoms with Crippen LogP contribution in [-0.4, -0.2) is 57.9 Å². The summed E-state index contributed by atoms with van der Waals surface area (Å²) >= 11 is 0. The monoisotopic (exact) mass is 289 g/mol. The maximum absolute atomic E-state index is 12.6. The van der Waals surface area contributed by atoms with Crippen molar-refractivity contribution in [1.29, 1.82) is 0 Å². The highest BCUT2D eigenvalue weighted by molar-refractivity contribution is 5.98. The van der Waals surface area contributed by atoms with Gasteiger partial charge >= 0.3 is 5.97 Å². The van der Waals surface area contributed by atoms with E-state index in [-0.39, 0.29) is 18.9 Å². The molecule has 0 radical (unpaired) electrons. The number of aromatic nitrogens is 2. The molecule has 0 bridgehead atoms. The molecule has 110 valence electrons. The van der Waals surface area contributed by atoms with E-state index in [1.807, 2.05) is 6.07 Å². The lowest BCUT2D eigenvalue weighted by atomic mass is 10.1. The summed E-state index contributed by atoms with van der Waals surface area (Å²) in [5.74, 6) is -1.12. The first kappa shape index (κ1) is 13.6. The quantitative estimate of drug-likeness (QED) is 0.874. The Morgan fingerprint density at radius 1 is 1.48 bits per heavy atom. The maximum atomic E-state index is 12.6. The standard InChI is InChI=1S/C14H15N3O4/c18-13(19)6-11-8-21-4-3-17(11)14(20)9-1-2-10-7-15-16-12(10)5-9/h1-2,5,7,11H,3-4,6,8H2,(H,15,16)(H,18,19). The molecule has 1 aliphatic rings. The fraction of sp³-hybridized carbons (Fsp3) is 0.357. The largest absolute Gasteiger partial charge is 0.481 e. The maximum Gasteiger partial charge on any atom is 0.305 e. The van der Waals surface area contributed by atoms with Crippen molar-refractivity contribution in [3.05, 3.63) is 30.0 Å². The first-order valence-electron chi connectivity index (χ1n) is 6.69. The number of nitrogens with zero attached hydrogens (tertiary/aromatic N) is 2. The second kappa shape index (κ2) is 5.53. The molecule has 1 amide bonds. The molecule has 1 aromatic carbocycles. The van der Waals surface area contributed by atoms with Gasteiger partial charge < -0.3 is 14.7 Å². The van der Waals surface area contributed by atoms with E-state index in [9.17, 15) is 9.59 Å². The Bertz CT molecular complexity index is 682. The molecule has 0 saturated carbocycles. The van der Waals surface area contributed by atoms with Crippen LogP contribution in [0.25, 0.3) is 10.9 Å². The summed E-state index contributed by atoms with van der Waals surface area (Å²) in [7, 11) is 0. The van der Waals surface area contributed by atoms with Crippen LogP contribution in [0.15, 0.2) is 24.4 Å². The van der Waals surface area contributed by atoms with Gasteiger partial charge in [0.15, 0.2) is 0 Å². The molecule has 0 aliphatic carbocycles. The molecule has 1 atom stereocenters. The summed E-state index contributed by atoms with van der Waals surface area (Å²) in [5.41, 5.74) is 1.30. The average molecular weight is 289 g/mol. The van der Waals surface area contributed by atoms with Crippen LogP contribution in [0.3, 0.4) is 0 Å². The smallest absolute Gasteiger partial charge is 0.305 e. The third-order valence-corrected chi connectivity index (χ3v) is 3.59. The summed E-state index contributed by atoms with van der Waals surface area (Å²) in [6.07, 6.45) is 1.57. The second-order valence-electron chi connectivity index (χ2n) is 5.00. The number of hydrogen-bond donors (Lipinski definition) is 2. The van der Waals surface area contributed by atoms with Gasteiger partial charge in [-0.2, -0.15) is 5.10 Å². The normalized spacial score (nSPS) is 18.9. The van der Waals surface area contributed by atoms with E-state index in [4.69, 9.17) is 9.84 Å². The van der Waals surface area contributed by atoms with Gasteiger partial charge in [0.1, 0.15) is 0 Å². The third kappa shape index (κ3) is 2.73. The zero-order chi connectivity index (χ0) is 14.8. The molecule has 7 nitrogen and oxygen atoms in total. The lowest BCUT2D eigenvalue weighted by Gasteiger charge is -2.34. The van der Waals surface area contributed by atoms with Gasteiger partial charge in [-0.3, -0.25) is 14.7 Å². The highest BCUT2D eigenvalue weighted by atomic mass is 16.5. The van der Waals surface area contributed by atoms with E-state index in [0.29, 0.717) is 18.7 Å². The van der Waals surface area contributed by atoms with Crippen molar-refractivity contribution >= 4 is 22.8 Å². The van der Waals surface area contributed by atoms with Crippen molar-refractivity contribution < 1.29 is 19.4 Å². The number of rotatable bonds is 3. The fourth-order valence-corrected chi connectivity index (χ4v) is 2.53. The molecular weight excluding hydrogens is 274 g/mol. The lowest BCUT2D eigenvalue weighted by molar-refractivity contribution is -0.139. The number of amides is 1. The molecule has 1 aromatic heterocycles. The fourth-order valence-electron chi connectivity index (χ4n) is 2.53. The molecule has 1 saturated heterocycles. The van der Waals surface area contributed by atoms with E-state index in [1.165, 1.54) is 0 Å². The molecule has 2 aromatic rings. The molecule has 1 unspecified atom stereocenters. The number of carbonyl (C=O) groups excluding carboxylic acids is 1. The van der Waals surface area contributed by atoms with Crippen molar-refractivity contribution in [2.75, 3.05) is 19.8 Å². The van der Waals surface area contributed by atoms with Crippen molar-refractivity contribution in [3.63, 3.8) is 0 Å². The number of morpholine rings is 1. The topological polar surface area (TPSA) is 95.5 Å². The Hall–Kier alpha value is -2.41. The van der Waals surface area contributed by atoms with Crippen molar-refractivity contribution in [2.45, 2.75) is 12.5 Å². The van der Waals surface area contributed by atoms with Crippen LogP contribution >= 0.6 is 0 Å². The molecular formula is C14H15N3O4. The summed E-state index contributed by atoms with van der Waals surface area (Å²) in [4.78, 5) is 25.1. The molecule has 2 N–H and O–H groups in total. The minimum atomic E-state index is -0.938. The number of carbonyl (C=O) groups is 2. The zero-order valence-corrected chi connectivity index (χ0v) is 11.3. The average Bonchev–Trinajstić information content (AvgIpc) is 2.94. The summed E-state index contributed by atoms with van der Waals surface area (Å²) in [6.45, 7) is 1.08. The van der Waals surface area contributed by atoms with Crippen molar-refractivity contribution in [2.24, 2.45) is 0 Å². The zero-order valence-electron chi connectivity index (χ0n) is 11.3.